The maximum atomic E-state index is 12.4. The first-order valence-electron chi connectivity index (χ1n) is 6.52. The molecule has 5 heteroatoms. The third kappa shape index (κ3) is 3.78. The molecule has 0 unspecified atom stereocenters. The van der Waals surface area contributed by atoms with Gasteiger partial charge < -0.3 is 14.2 Å². The first-order chi connectivity index (χ1) is 8.08. The van der Waals surface area contributed by atoms with Gasteiger partial charge >= 0.3 is 7.60 Å². The minimum absolute atomic E-state index is 0.506. The van der Waals surface area contributed by atoms with Crippen LogP contribution in [0.1, 0.15) is 57.8 Å². The number of aliphatic hydroxyl groups is 1. The van der Waals surface area contributed by atoms with Gasteiger partial charge in [0.2, 0.25) is 0 Å². The first kappa shape index (κ1) is 15.2. The summed E-state index contributed by atoms with van der Waals surface area (Å²) in [5, 5.41) is 9.30. The molecule has 1 fully saturated rings. The van der Waals surface area contributed by atoms with Crippen molar-refractivity contribution in [3.05, 3.63) is 0 Å². The molecule has 0 spiro atoms. The Hall–Kier alpha value is 0.110. The fraction of sp³-hybridized carbons (Fsp3) is 1.00. The summed E-state index contributed by atoms with van der Waals surface area (Å²) in [5.74, 6) is 0. The largest absolute Gasteiger partial charge is 0.377 e. The van der Waals surface area contributed by atoms with Crippen molar-refractivity contribution in [2.24, 2.45) is 0 Å². The van der Waals surface area contributed by atoms with Crippen molar-refractivity contribution in [1.29, 1.82) is 0 Å². The normalized spacial score (nSPS) is 23.2. The van der Waals surface area contributed by atoms with E-state index in [4.69, 9.17) is 9.05 Å². The lowest BCUT2D eigenvalue weighted by Gasteiger charge is -2.33. The third-order valence-electron chi connectivity index (χ3n) is 3.64. The Labute approximate surface area is 104 Å². The van der Waals surface area contributed by atoms with Crippen LogP contribution in [-0.2, 0) is 13.6 Å². The molecule has 17 heavy (non-hydrogen) atoms. The zero-order valence-corrected chi connectivity index (χ0v) is 11.9. The van der Waals surface area contributed by atoms with Gasteiger partial charge in [-0.25, -0.2) is 0 Å². The van der Waals surface area contributed by atoms with Crippen molar-refractivity contribution >= 4 is 7.60 Å². The van der Waals surface area contributed by atoms with Crippen molar-refractivity contribution in [3.8, 4) is 0 Å². The molecule has 1 aliphatic rings. The highest BCUT2D eigenvalue weighted by Gasteiger charge is 2.47. The molecule has 0 bridgehead atoms. The van der Waals surface area contributed by atoms with Crippen LogP contribution >= 0.6 is 7.60 Å². The fourth-order valence-electron chi connectivity index (χ4n) is 2.51. The van der Waals surface area contributed by atoms with Crippen LogP contribution in [0.5, 0.6) is 0 Å². The standard InChI is InChI=1S/C12H25O4P/c1-15-17(14,16-2)12(13)10-8-6-4-3-5-7-9-11-12/h13H,3-11H2,1-2H3. The second-order valence-electron chi connectivity index (χ2n) is 4.82. The van der Waals surface area contributed by atoms with Crippen molar-refractivity contribution < 1.29 is 18.7 Å². The molecule has 1 saturated carbocycles. The molecule has 0 saturated heterocycles. The highest BCUT2D eigenvalue weighted by molar-refractivity contribution is 7.55. The lowest BCUT2D eigenvalue weighted by Crippen LogP contribution is -2.30. The van der Waals surface area contributed by atoms with Crippen molar-refractivity contribution in [3.63, 3.8) is 0 Å². The van der Waals surface area contributed by atoms with Gasteiger partial charge in [-0.15, -0.1) is 0 Å². The van der Waals surface area contributed by atoms with Crippen LogP contribution in [0.4, 0.5) is 0 Å². The molecular formula is C12H25O4P. The summed E-state index contributed by atoms with van der Waals surface area (Å²) in [6, 6.07) is 0. The highest BCUT2D eigenvalue weighted by Crippen LogP contribution is 2.61. The monoisotopic (exact) mass is 264 g/mol. The van der Waals surface area contributed by atoms with E-state index in [0.29, 0.717) is 12.8 Å². The highest BCUT2D eigenvalue weighted by atomic mass is 31.2. The smallest absolute Gasteiger partial charge is 0.361 e. The Kier molecular flexibility index (Phi) is 6.14. The summed E-state index contributed by atoms with van der Waals surface area (Å²) in [7, 11) is -0.697. The zero-order valence-electron chi connectivity index (χ0n) is 11.0. The van der Waals surface area contributed by atoms with Gasteiger partial charge in [0, 0.05) is 14.2 Å². The van der Waals surface area contributed by atoms with Crippen molar-refractivity contribution in [1.82, 2.24) is 0 Å². The molecule has 1 aliphatic carbocycles. The van der Waals surface area contributed by atoms with Crippen LogP contribution in [0.15, 0.2) is 0 Å². The summed E-state index contributed by atoms with van der Waals surface area (Å²) >= 11 is 0. The Morgan fingerprint density at radius 2 is 1.24 bits per heavy atom. The summed E-state index contributed by atoms with van der Waals surface area (Å²) in [5.41, 5.74) is 0. The van der Waals surface area contributed by atoms with Gasteiger partial charge in [-0.05, 0) is 25.7 Å². The number of hydrogen-bond acceptors (Lipinski definition) is 4. The van der Waals surface area contributed by atoms with Gasteiger partial charge in [0.25, 0.3) is 0 Å². The minimum atomic E-state index is -3.39. The Balaban J connectivity index is 2.76. The number of hydrogen-bond donors (Lipinski definition) is 1. The molecule has 102 valence electrons. The number of rotatable bonds is 3. The zero-order chi connectivity index (χ0) is 12.8. The molecule has 0 radical (unpaired) electrons. The van der Waals surface area contributed by atoms with Gasteiger partial charge in [-0.3, -0.25) is 4.57 Å². The van der Waals surface area contributed by atoms with Gasteiger partial charge in [0.1, 0.15) is 0 Å². The SMILES string of the molecule is COP(=O)(OC)C1(O)CCCCCCCCC1. The van der Waals surface area contributed by atoms with Gasteiger partial charge in [-0.2, -0.15) is 0 Å². The van der Waals surface area contributed by atoms with E-state index < -0.39 is 12.9 Å². The fourth-order valence-corrected chi connectivity index (χ4v) is 4.21. The summed E-state index contributed by atoms with van der Waals surface area (Å²) in [6.07, 6.45) is 8.59. The van der Waals surface area contributed by atoms with E-state index in [-0.39, 0.29) is 0 Å². The maximum absolute atomic E-state index is 12.4. The van der Waals surface area contributed by atoms with E-state index in [9.17, 15) is 9.67 Å². The second kappa shape index (κ2) is 6.89. The molecule has 1 rings (SSSR count). The van der Waals surface area contributed by atoms with E-state index in [0.717, 1.165) is 25.7 Å². The molecular weight excluding hydrogens is 239 g/mol. The van der Waals surface area contributed by atoms with Crippen LogP contribution in [0.3, 0.4) is 0 Å². The van der Waals surface area contributed by atoms with Crippen LogP contribution in [-0.4, -0.2) is 24.7 Å². The maximum Gasteiger partial charge on any atom is 0.361 e. The predicted octanol–water partition coefficient (Wildman–Crippen LogP) is 3.69. The second-order valence-corrected chi connectivity index (χ2v) is 7.38. The lowest BCUT2D eigenvalue weighted by molar-refractivity contribution is 0.0572. The van der Waals surface area contributed by atoms with Crippen LogP contribution < -0.4 is 0 Å². The Bertz CT molecular complexity index is 249. The quantitative estimate of drug-likeness (QED) is 0.790. The lowest BCUT2D eigenvalue weighted by atomic mass is 9.99. The van der Waals surface area contributed by atoms with Gasteiger partial charge in [-0.1, -0.05) is 32.1 Å². The molecule has 4 nitrogen and oxygen atoms in total. The molecule has 0 aromatic heterocycles. The average molecular weight is 264 g/mol. The minimum Gasteiger partial charge on any atom is -0.377 e. The molecule has 0 atom stereocenters. The summed E-state index contributed by atoms with van der Waals surface area (Å²) in [6.45, 7) is 0. The van der Waals surface area contributed by atoms with Crippen LogP contribution in [0, 0.1) is 0 Å². The van der Waals surface area contributed by atoms with Crippen LogP contribution in [0.25, 0.3) is 0 Å². The van der Waals surface area contributed by atoms with E-state index in [1.807, 2.05) is 0 Å². The van der Waals surface area contributed by atoms with E-state index >= 15 is 0 Å². The van der Waals surface area contributed by atoms with E-state index in [1.165, 1.54) is 33.5 Å². The molecule has 0 aromatic rings. The summed E-state index contributed by atoms with van der Waals surface area (Å²) in [4.78, 5) is 0. The summed E-state index contributed by atoms with van der Waals surface area (Å²) < 4.78 is 22.4. The molecule has 0 aliphatic heterocycles. The third-order valence-corrected chi connectivity index (χ3v) is 6.07. The Morgan fingerprint density at radius 3 is 1.59 bits per heavy atom. The van der Waals surface area contributed by atoms with Crippen molar-refractivity contribution in [2.75, 3.05) is 14.2 Å². The Morgan fingerprint density at radius 1 is 0.882 bits per heavy atom. The topological polar surface area (TPSA) is 55.8 Å². The van der Waals surface area contributed by atoms with E-state index in [1.54, 1.807) is 0 Å². The predicted molar refractivity (Wildman–Crippen MR) is 68.1 cm³/mol. The van der Waals surface area contributed by atoms with Gasteiger partial charge in [0.15, 0.2) is 5.34 Å². The molecule has 1 N–H and O–H groups in total. The molecule has 0 heterocycles. The molecule has 0 amide bonds. The van der Waals surface area contributed by atoms with Gasteiger partial charge in [0.05, 0.1) is 0 Å². The van der Waals surface area contributed by atoms with Crippen molar-refractivity contribution in [2.45, 2.75) is 63.1 Å². The van der Waals surface area contributed by atoms with E-state index in [2.05, 4.69) is 0 Å². The first-order valence-corrected chi connectivity index (χ1v) is 8.06. The molecule has 0 aromatic carbocycles. The van der Waals surface area contributed by atoms with Crippen LogP contribution in [0.2, 0.25) is 0 Å². The average Bonchev–Trinajstić information content (AvgIpc) is 2.36.